The zero-order valence-corrected chi connectivity index (χ0v) is 6.64. The van der Waals surface area contributed by atoms with Gasteiger partial charge in [0.15, 0.2) is 0 Å². The molecule has 0 fully saturated rings. The molecule has 0 saturated heterocycles. The van der Waals surface area contributed by atoms with Crippen molar-refractivity contribution in [3.8, 4) is 11.3 Å². The SMILES string of the molecule is O=c1ncc(-c2cnccn2)c[nH]1. The van der Waals surface area contributed by atoms with E-state index in [1.807, 2.05) is 0 Å². The fraction of sp³-hybridized carbons (Fsp3) is 0. The van der Waals surface area contributed by atoms with Crippen LogP contribution in [0.1, 0.15) is 0 Å². The number of aromatic amines is 1. The molecule has 0 aromatic carbocycles. The average molecular weight is 174 g/mol. The van der Waals surface area contributed by atoms with Crippen LogP contribution in [0.15, 0.2) is 35.8 Å². The third kappa shape index (κ3) is 1.58. The van der Waals surface area contributed by atoms with Gasteiger partial charge < -0.3 is 4.98 Å². The molecule has 64 valence electrons. The van der Waals surface area contributed by atoms with Gasteiger partial charge in [-0.3, -0.25) is 9.97 Å². The van der Waals surface area contributed by atoms with Gasteiger partial charge in [-0.05, 0) is 0 Å². The Kier molecular flexibility index (Phi) is 1.84. The second-order valence-electron chi connectivity index (χ2n) is 2.40. The Balaban J connectivity index is 2.48. The Hall–Kier alpha value is -2.04. The molecule has 0 atom stereocenters. The van der Waals surface area contributed by atoms with Gasteiger partial charge in [0.05, 0.1) is 11.9 Å². The Morgan fingerprint density at radius 2 is 2.08 bits per heavy atom. The second-order valence-corrected chi connectivity index (χ2v) is 2.40. The summed E-state index contributed by atoms with van der Waals surface area (Å²) in [7, 11) is 0. The molecule has 1 N–H and O–H groups in total. The van der Waals surface area contributed by atoms with E-state index in [2.05, 4.69) is 19.9 Å². The van der Waals surface area contributed by atoms with Crippen LogP contribution in [0, 0.1) is 0 Å². The molecule has 5 nitrogen and oxygen atoms in total. The van der Waals surface area contributed by atoms with Crippen LogP contribution in [0.3, 0.4) is 0 Å². The molecule has 0 saturated carbocycles. The highest BCUT2D eigenvalue weighted by Crippen LogP contribution is 2.09. The van der Waals surface area contributed by atoms with Crippen LogP contribution in [-0.2, 0) is 0 Å². The van der Waals surface area contributed by atoms with Crippen LogP contribution in [0.4, 0.5) is 0 Å². The normalized spacial score (nSPS) is 9.85. The Labute approximate surface area is 73.5 Å². The molecule has 5 heteroatoms. The number of aromatic nitrogens is 4. The van der Waals surface area contributed by atoms with Gasteiger partial charge in [0.2, 0.25) is 0 Å². The summed E-state index contributed by atoms with van der Waals surface area (Å²) in [6.45, 7) is 0. The fourth-order valence-corrected chi connectivity index (χ4v) is 0.930. The van der Waals surface area contributed by atoms with Gasteiger partial charge in [0.25, 0.3) is 0 Å². The van der Waals surface area contributed by atoms with Crippen molar-refractivity contribution in [2.24, 2.45) is 0 Å². The van der Waals surface area contributed by atoms with Crippen molar-refractivity contribution >= 4 is 0 Å². The van der Waals surface area contributed by atoms with E-state index in [0.29, 0.717) is 5.69 Å². The van der Waals surface area contributed by atoms with Crippen LogP contribution in [0.5, 0.6) is 0 Å². The highest BCUT2D eigenvalue weighted by molar-refractivity contribution is 5.54. The summed E-state index contributed by atoms with van der Waals surface area (Å²) < 4.78 is 0. The van der Waals surface area contributed by atoms with E-state index in [0.717, 1.165) is 5.56 Å². The van der Waals surface area contributed by atoms with Gasteiger partial charge in [0, 0.05) is 30.4 Å². The number of nitrogens with zero attached hydrogens (tertiary/aromatic N) is 3. The molecule has 2 aromatic rings. The lowest BCUT2D eigenvalue weighted by atomic mass is 10.2. The molecule has 0 aliphatic rings. The lowest BCUT2D eigenvalue weighted by Gasteiger charge is -1.95. The number of hydrogen-bond acceptors (Lipinski definition) is 4. The molecule has 0 amide bonds. The minimum atomic E-state index is -0.368. The standard InChI is InChI=1S/C8H6N4O/c13-8-11-3-6(4-12-8)7-5-9-1-2-10-7/h1-5H,(H,11,12,13). The maximum Gasteiger partial charge on any atom is 0.344 e. The van der Waals surface area contributed by atoms with E-state index in [9.17, 15) is 4.79 Å². The zero-order valence-electron chi connectivity index (χ0n) is 6.64. The summed E-state index contributed by atoms with van der Waals surface area (Å²) >= 11 is 0. The zero-order chi connectivity index (χ0) is 9.10. The Morgan fingerprint density at radius 3 is 2.69 bits per heavy atom. The molecule has 0 spiro atoms. The van der Waals surface area contributed by atoms with Crippen LogP contribution in [0.2, 0.25) is 0 Å². The summed E-state index contributed by atoms with van der Waals surface area (Å²) in [5.41, 5.74) is 1.06. The Morgan fingerprint density at radius 1 is 1.15 bits per heavy atom. The summed E-state index contributed by atoms with van der Waals surface area (Å²) in [4.78, 5) is 24.6. The lowest BCUT2D eigenvalue weighted by molar-refractivity contribution is 1.07. The number of nitrogens with one attached hydrogen (secondary N) is 1. The van der Waals surface area contributed by atoms with Gasteiger partial charge in [-0.1, -0.05) is 0 Å². The Bertz CT molecular complexity index is 431. The van der Waals surface area contributed by atoms with Crippen molar-refractivity contribution < 1.29 is 0 Å². The third-order valence-electron chi connectivity index (χ3n) is 1.53. The lowest BCUT2D eigenvalue weighted by Crippen LogP contribution is -2.08. The first-order valence-electron chi connectivity index (χ1n) is 3.67. The van der Waals surface area contributed by atoms with Gasteiger partial charge >= 0.3 is 5.69 Å². The van der Waals surface area contributed by atoms with Crippen LogP contribution in [-0.4, -0.2) is 19.9 Å². The quantitative estimate of drug-likeness (QED) is 0.671. The highest BCUT2D eigenvalue weighted by Gasteiger charge is 1.97. The largest absolute Gasteiger partial charge is 0.344 e. The maximum absolute atomic E-state index is 10.7. The number of rotatable bonds is 1. The minimum Gasteiger partial charge on any atom is -0.312 e. The molecule has 2 heterocycles. The monoisotopic (exact) mass is 174 g/mol. The van der Waals surface area contributed by atoms with Crippen molar-refractivity contribution in [3.05, 3.63) is 41.5 Å². The highest BCUT2D eigenvalue weighted by atomic mass is 16.1. The first kappa shape index (κ1) is 7.60. The topological polar surface area (TPSA) is 71.5 Å². The molecule has 0 bridgehead atoms. The van der Waals surface area contributed by atoms with Crippen molar-refractivity contribution in [1.82, 2.24) is 19.9 Å². The van der Waals surface area contributed by atoms with Crippen LogP contribution in [0.25, 0.3) is 11.3 Å². The van der Waals surface area contributed by atoms with E-state index in [-0.39, 0.29) is 5.69 Å². The first-order chi connectivity index (χ1) is 6.36. The number of H-pyrrole nitrogens is 1. The van der Waals surface area contributed by atoms with Crippen molar-refractivity contribution in [2.45, 2.75) is 0 Å². The fourth-order valence-electron chi connectivity index (χ4n) is 0.930. The summed E-state index contributed by atoms with van der Waals surface area (Å²) in [5.74, 6) is 0. The van der Waals surface area contributed by atoms with E-state index < -0.39 is 0 Å². The van der Waals surface area contributed by atoms with Crippen LogP contribution >= 0.6 is 0 Å². The van der Waals surface area contributed by atoms with Gasteiger partial charge in [-0.15, -0.1) is 0 Å². The molecular formula is C8H6N4O. The van der Waals surface area contributed by atoms with Crippen molar-refractivity contribution in [1.29, 1.82) is 0 Å². The number of hydrogen-bond donors (Lipinski definition) is 1. The summed E-state index contributed by atoms with van der Waals surface area (Å²) in [6, 6.07) is 0. The van der Waals surface area contributed by atoms with E-state index >= 15 is 0 Å². The van der Waals surface area contributed by atoms with E-state index in [1.54, 1.807) is 24.8 Å². The van der Waals surface area contributed by atoms with Gasteiger partial charge in [-0.2, -0.15) is 0 Å². The third-order valence-corrected chi connectivity index (χ3v) is 1.53. The summed E-state index contributed by atoms with van der Waals surface area (Å²) in [6.07, 6.45) is 7.79. The molecule has 0 aliphatic heterocycles. The minimum absolute atomic E-state index is 0.368. The van der Waals surface area contributed by atoms with Crippen molar-refractivity contribution in [2.75, 3.05) is 0 Å². The molecule has 0 aliphatic carbocycles. The van der Waals surface area contributed by atoms with E-state index in [1.165, 1.54) is 6.20 Å². The summed E-state index contributed by atoms with van der Waals surface area (Å²) in [5, 5.41) is 0. The molecule has 13 heavy (non-hydrogen) atoms. The molecule has 0 unspecified atom stereocenters. The van der Waals surface area contributed by atoms with Crippen LogP contribution < -0.4 is 5.69 Å². The second kappa shape index (κ2) is 3.14. The predicted molar refractivity (Wildman–Crippen MR) is 45.9 cm³/mol. The molecular weight excluding hydrogens is 168 g/mol. The average Bonchev–Trinajstić information content (AvgIpc) is 2.20. The van der Waals surface area contributed by atoms with E-state index in [4.69, 9.17) is 0 Å². The predicted octanol–water partition coefficient (Wildman–Crippen LogP) is 0.227. The molecule has 2 rings (SSSR count). The molecule has 0 radical (unpaired) electrons. The maximum atomic E-state index is 10.7. The molecule has 2 aromatic heterocycles. The van der Waals surface area contributed by atoms with Gasteiger partial charge in [-0.25, -0.2) is 9.78 Å². The van der Waals surface area contributed by atoms with Gasteiger partial charge in [0.1, 0.15) is 0 Å². The first-order valence-corrected chi connectivity index (χ1v) is 3.67. The van der Waals surface area contributed by atoms with Crippen molar-refractivity contribution in [3.63, 3.8) is 0 Å². The smallest absolute Gasteiger partial charge is 0.312 e.